The lowest BCUT2D eigenvalue weighted by molar-refractivity contribution is -0.146. The number of carboxylic acid groups (broad SMARTS) is 1. The van der Waals surface area contributed by atoms with Gasteiger partial charge in [-0.2, -0.15) is 25.3 Å². The Hall–Kier alpha value is -1.43. The lowest BCUT2D eigenvalue weighted by Gasteiger charge is -2.23. The molecule has 0 radical (unpaired) electrons. The van der Waals surface area contributed by atoms with Crippen molar-refractivity contribution in [2.75, 3.05) is 12.3 Å². The number of thiol groups is 2. The largest absolute Gasteiger partial charge is 0.480 e. The minimum absolute atomic E-state index is 0.00706. The summed E-state index contributed by atoms with van der Waals surface area (Å²) in [7, 11) is 0. The third-order valence-corrected chi connectivity index (χ3v) is 4.41. The van der Waals surface area contributed by atoms with Crippen molar-refractivity contribution >= 4 is 54.5 Å². The van der Waals surface area contributed by atoms with Crippen LogP contribution in [0.1, 0.15) is 26.2 Å². The first-order chi connectivity index (χ1) is 11.5. The molecule has 0 aromatic carbocycles. The van der Waals surface area contributed by atoms with Crippen LogP contribution in [0.5, 0.6) is 0 Å². The van der Waals surface area contributed by atoms with E-state index in [4.69, 9.17) is 11.5 Å². The highest BCUT2D eigenvalue weighted by molar-refractivity contribution is 7.83. The molecule has 6 N–H and O–H groups in total. The van der Waals surface area contributed by atoms with Gasteiger partial charge in [0.15, 0.2) is 22.1 Å². The number of hydrogen-bond acceptors (Lipinski definition) is 9. The number of rotatable bonds is 12. The van der Waals surface area contributed by atoms with Crippen molar-refractivity contribution in [3.63, 3.8) is 0 Å². The average molecular weight is 393 g/mol. The smallest absolute Gasteiger partial charge is 0.327 e. The molecule has 0 fully saturated rings. The molecule has 0 aliphatic rings. The number of carbonyl (C=O) groups is 5. The number of aliphatic carboxylic acids is 1. The van der Waals surface area contributed by atoms with E-state index < -0.39 is 58.9 Å². The van der Waals surface area contributed by atoms with E-state index in [1.54, 1.807) is 0 Å². The molecule has 1 unspecified atom stereocenters. The van der Waals surface area contributed by atoms with E-state index in [2.05, 4.69) is 30.6 Å². The summed E-state index contributed by atoms with van der Waals surface area (Å²) >= 11 is 7.79. The lowest BCUT2D eigenvalue weighted by atomic mass is 9.91. The van der Waals surface area contributed by atoms with Gasteiger partial charge < -0.3 is 21.9 Å². The summed E-state index contributed by atoms with van der Waals surface area (Å²) in [5.74, 6) is -4.20. The molecule has 25 heavy (non-hydrogen) atoms. The van der Waals surface area contributed by atoms with E-state index in [0.717, 1.165) is 0 Å². The maximum atomic E-state index is 12.2. The molecule has 0 aromatic rings. The molecule has 1 amide bonds. The van der Waals surface area contributed by atoms with Crippen molar-refractivity contribution in [1.82, 2.24) is 5.32 Å². The van der Waals surface area contributed by atoms with Crippen molar-refractivity contribution in [3.05, 3.63) is 0 Å². The summed E-state index contributed by atoms with van der Waals surface area (Å²) in [5, 5.41) is 11.6. The second-order valence-electron chi connectivity index (χ2n) is 5.49. The Balaban J connectivity index is 4.97. The molecule has 0 aliphatic heterocycles. The highest BCUT2D eigenvalue weighted by atomic mass is 32.1. The Kier molecular flexibility index (Phi) is 9.93. The normalized spacial score (nSPS) is 15.6. The zero-order valence-corrected chi connectivity index (χ0v) is 15.5. The molecule has 0 saturated carbocycles. The quantitative estimate of drug-likeness (QED) is 0.169. The van der Waals surface area contributed by atoms with Crippen LogP contribution in [-0.4, -0.2) is 63.5 Å². The Labute approximate surface area is 156 Å². The fourth-order valence-corrected chi connectivity index (χ4v) is 2.37. The molecule has 0 heterocycles. The van der Waals surface area contributed by atoms with Gasteiger partial charge in [-0.25, -0.2) is 0 Å². The standard InChI is InChI=1S/C14H23N3O6S2/c1-7(16)10(19)4-14(25,13(22)23)11(20)3-2-9(18)8(6-24)17-12(21)5-15/h7-8,24-25H,2-6,15-16H2,1H3,(H,17,21)(H,22,23)/t7-,8+,14?/m1/s1. The second-order valence-corrected chi connectivity index (χ2v) is 6.62. The van der Waals surface area contributed by atoms with E-state index in [1.165, 1.54) is 6.92 Å². The van der Waals surface area contributed by atoms with Crippen LogP contribution in [-0.2, 0) is 24.0 Å². The summed E-state index contributed by atoms with van der Waals surface area (Å²) in [6, 6.07) is -1.89. The van der Waals surface area contributed by atoms with Crippen molar-refractivity contribution in [2.45, 2.75) is 43.0 Å². The van der Waals surface area contributed by atoms with Crippen LogP contribution in [0.4, 0.5) is 0 Å². The zero-order valence-electron chi connectivity index (χ0n) is 13.7. The molecule has 0 bridgehead atoms. The van der Waals surface area contributed by atoms with Crippen LogP contribution < -0.4 is 16.8 Å². The van der Waals surface area contributed by atoms with Gasteiger partial charge in [-0.05, 0) is 6.92 Å². The first kappa shape index (κ1) is 23.6. The topological polar surface area (TPSA) is 170 Å². The summed E-state index contributed by atoms with van der Waals surface area (Å²) in [6.45, 7) is 1.05. The fraction of sp³-hybridized carbons (Fsp3) is 0.643. The molecule has 11 heteroatoms. The molecular formula is C14H23N3O6S2. The lowest BCUT2D eigenvalue weighted by Crippen LogP contribution is -2.47. The van der Waals surface area contributed by atoms with Crippen LogP contribution in [0, 0.1) is 0 Å². The van der Waals surface area contributed by atoms with E-state index in [0.29, 0.717) is 0 Å². The summed E-state index contributed by atoms with van der Waals surface area (Å²) in [6.07, 6.45) is -1.48. The van der Waals surface area contributed by atoms with E-state index in [1.807, 2.05) is 0 Å². The fourth-order valence-electron chi connectivity index (χ4n) is 1.81. The molecule has 0 rings (SSSR count). The first-order valence-corrected chi connectivity index (χ1v) is 8.47. The maximum Gasteiger partial charge on any atom is 0.327 e. The van der Waals surface area contributed by atoms with Gasteiger partial charge in [-0.3, -0.25) is 24.0 Å². The Bertz CT molecular complexity index is 555. The van der Waals surface area contributed by atoms with Crippen LogP contribution in [0.3, 0.4) is 0 Å². The third-order valence-electron chi connectivity index (χ3n) is 3.44. The minimum Gasteiger partial charge on any atom is -0.480 e. The average Bonchev–Trinajstić information content (AvgIpc) is 2.55. The van der Waals surface area contributed by atoms with Gasteiger partial charge in [-0.15, -0.1) is 0 Å². The number of hydrogen-bond donors (Lipinski definition) is 6. The van der Waals surface area contributed by atoms with Crippen molar-refractivity contribution in [1.29, 1.82) is 0 Å². The monoisotopic (exact) mass is 393 g/mol. The second kappa shape index (κ2) is 10.5. The summed E-state index contributed by atoms with van der Waals surface area (Å²) < 4.78 is -2.26. The number of carbonyl (C=O) groups excluding carboxylic acids is 4. The molecule has 0 aromatic heterocycles. The van der Waals surface area contributed by atoms with Gasteiger partial charge >= 0.3 is 5.97 Å². The van der Waals surface area contributed by atoms with Gasteiger partial charge in [0.1, 0.15) is 0 Å². The number of nitrogens with one attached hydrogen (secondary N) is 1. The van der Waals surface area contributed by atoms with Crippen LogP contribution in [0.2, 0.25) is 0 Å². The number of Topliss-reactive ketones (excluding diaryl/α,β-unsaturated/α-hetero) is 3. The summed E-state index contributed by atoms with van der Waals surface area (Å²) in [5.41, 5.74) is 10.5. The third kappa shape index (κ3) is 7.14. The minimum atomic E-state index is -2.26. The van der Waals surface area contributed by atoms with E-state index >= 15 is 0 Å². The van der Waals surface area contributed by atoms with Gasteiger partial charge in [0.25, 0.3) is 0 Å². The van der Waals surface area contributed by atoms with Crippen molar-refractivity contribution < 1.29 is 29.1 Å². The van der Waals surface area contributed by atoms with Gasteiger partial charge in [0.2, 0.25) is 5.91 Å². The van der Waals surface area contributed by atoms with E-state index in [9.17, 15) is 29.1 Å². The number of nitrogens with two attached hydrogens (primary N) is 2. The molecule has 0 spiro atoms. The molecule has 142 valence electrons. The molecule has 3 atom stereocenters. The molecule has 9 nitrogen and oxygen atoms in total. The van der Waals surface area contributed by atoms with Crippen LogP contribution >= 0.6 is 25.3 Å². The Morgan fingerprint density at radius 1 is 1.16 bits per heavy atom. The van der Waals surface area contributed by atoms with Crippen molar-refractivity contribution in [2.24, 2.45) is 11.5 Å². The first-order valence-electron chi connectivity index (χ1n) is 7.40. The van der Waals surface area contributed by atoms with Crippen molar-refractivity contribution in [3.8, 4) is 0 Å². The predicted octanol–water partition coefficient (Wildman–Crippen LogP) is -1.66. The highest BCUT2D eigenvalue weighted by Gasteiger charge is 2.44. The highest BCUT2D eigenvalue weighted by Crippen LogP contribution is 2.25. The van der Waals surface area contributed by atoms with Crippen LogP contribution in [0.15, 0.2) is 0 Å². The van der Waals surface area contributed by atoms with Gasteiger partial charge in [-0.1, -0.05) is 0 Å². The van der Waals surface area contributed by atoms with Gasteiger partial charge in [0.05, 0.1) is 18.6 Å². The Morgan fingerprint density at radius 3 is 2.12 bits per heavy atom. The number of carboxylic acids is 1. The number of ketones is 3. The maximum absolute atomic E-state index is 12.2. The van der Waals surface area contributed by atoms with Crippen LogP contribution in [0.25, 0.3) is 0 Å². The SMILES string of the molecule is C[C@@H](N)C(=O)CC(S)(C(=O)O)C(=O)CCC(=O)[C@H](CS)NC(=O)CN. The van der Waals surface area contributed by atoms with E-state index in [-0.39, 0.29) is 18.7 Å². The predicted molar refractivity (Wildman–Crippen MR) is 96.7 cm³/mol. The Morgan fingerprint density at radius 2 is 1.72 bits per heavy atom. The molecule has 0 saturated heterocycles. The summed E-state index contributed by atoms with van der Waals surface area (Å²) in [4.78, 5) is 58.6. The molecular weight excluding hydrogens is 370 g/mol. The van der Waals surface area contributed by atoms with Gasteiger partial charge in [0, 0.05) is 25.0 Å². The molecule has 0 aliphatic carbocycles. The number of amides is 1. The zero-order chi connectivity index (χ0) is 19.8.